The second-order valence-corrected chi connectivity index (χ2v) is 5.13. The molecular weight excluding hydrogens is 305 g/mol. The van der Waals surface area contributed by atoms with Crippen LogP contribution in [0.15, 0.2) is 40.8 Å². The number of amides is 1. The third-order valence-corrected chi connectivity index (χ3v) is 3.74. The Labute approximate surface area is 131 Å². The van der Waals surface area contributed by atoms with E-state index in [4.69, 9.17) is 4.42 Å². The molecule has 2 heterocycles. The molecule has 1 fully saturated rings. The van der Waals surface area contributed by atoms with E-state index in [2.05, 4.69) is 0 Å². The summed E-state index contributed by atoms with van der Waals surface area (Å²) >= 11 is 0. The molecule has 0 unspecified atom stereocenters. The van der Waals surface area contributed by atoms with Crippen LogP contribution >= 0.6 is 0 Å². The minimum atomic E-state index is -0.688. The fourth-order valence-electron chi connectivity index (χ4n) is 2.56. The number of hydrogen-bond acceptors (Lipinski definition) is 5. The SMILES string of the molecule is O=C(c1ccc([N+](=O)[O-])o1)N1CCN(c2ccccc2F)CC1. The Morgan fingerprint density at radius 2 is 1.83 bits per heavy atom. The second-order valence-electron chi connectivity index (χ2n) is 5.13. The molecule has 0 spiro atoms. The van der Waals surface area contributed by atoms with Gasteiger partial charge in [-0.1, -0.05) is 12.1 Å². The van der Waals surface area contributed by atoms with Gasteiger partial charge in [0.1, 0.15) is 10.7 Å². The number of para-hydroxylation sites is 1. The lowest BCUT2D eigenvalue weighted by Gasteiger charge is -2.35. The van der Waals surface area contributed by atoms with E-state index < -0.39 is 16.7 Å². The number of nitrogens with zero attached hydrogens (tertiary/aromatic N) is 3. The van der Waals surface area contributed by atoms with Gasteiger partial charge in [-0.25, -0.2) is 4.39 Å². The van der Waals surface area contributed by atoms with Crippen molar-refractivity contribution in [2.75, 3.05) is 31.1 Å². The Morgan fingerprint density at radius 3 is 2.43 bits per heavy atom. The molecule has 2 aromatic rings. The van der Waals surface area contributed by atoms with Gasteiger partial charge in [-0.05, 0) is 18.2 Å². The van der Waals surface area contributed by atoms with Crippen LogP contribution in [0.2, 0.25) is 0 Å². The highest BCUT2D eigenvalue weighted by atomic mass is 19.1. The van der Waals surface area contributed by atoms with Gasteiger partial charge in [0.05, 0.1) is 11.8 Å². The van der Waals surface area contributed by atoms with Crippen molar-refractivity contribution in [3.05, 3.63) is 58.1 Å². The summed E-state index contributed by atoms with van der Waals surface area (Å²) in [5, 5.41) is 10.6. The summed E-state index contributed by atoms with van der Waals surface area (Å²) in [6.45, 7) is 1.74. The van der Waals surface area contributed by atoms with Crippen LogP contribution < -0.4 is 4.90 Å². The molecule has 1 saturated heterocycles. The summed E-state index contributed by atoms with van der Waals surface area (Å²) in [4.78, 5) is 25.6. The topological polar surface area (TPSA) is 79.8 Å². The highest BCUT2D eigenvalue weighted by Gasteiger charge is 2.26. The Morgan fingerprint density at radius 1 is 1.13 bits per heavy atom. The molecule has 120 valence electrons. The van der Waals surface area contributed by atoms with Crippen LogP contribution in [0.4, 0.5) is 16.0 Å². The minimum absolute atomic E-state index is 0.0592. The zero-order chi connectivity index (χ0) is 16.4. The fourth-order valence-corrected chi connectivity index (χ4v) is 2.56. The second kappa shape index (κ2) is 6.07. The van der Waals surface area contributed by atoms with Crippen molar-refractivity contribution < 1.29 is 18.5 Å². The summed E-state index contributed by atoms with van der Waals surface area (Å²) in [6, 6.07) is 8.93. The number of nitro groups is 1. The zero-order valence-corrected chi connectivity index (χ0v) is 12.1. The molecule has 1 amide bonds. The Balaban J connectivity index is 1.65. The monoisotopic (exact) mass is 319 g/mol. The first-order valence-corrected chi connectivity index (χ1v) is 7.09. The molecule has 1 aromatic heterocycles. The number of benzene rings is 1. The maximum atomic E-state index is 13.8. The smallest absolute Gasteiger partial charge is 0.395 e. The maximum absolute atomic E-state index is 13.8. The summed E-state index contributed by atoms with van der Waals surface area (Å²) in [6.07, 6.45) is 0. The van der Waals surface area contributed by atoms with E-state index in [1.807, 2.05) is 4.90 Å². The first-order chi connectivity index (χ1) is 11.1. The van der Waals surface area contributed by atoms with E-state index >= 15 is 0 Å². The molecule has 0 aliphatic carbocycles. The molecule has 7 nitrogen and oxygen atoms in total. The molecule has 3 rings (SSSR count). The van der Waals surface area contributed by atoms with Crippen molar-refractivity contribution in [2.45, 2.75) is 0 Å². The van der Waals surface area contributed by atoms with Gasteiger partial charge < -0.3 is 14.2 Å². The molecule has 0 saturated carbocycles. The third-order valence-electron chi connectivity index (χ3n) is 3.74. The van der Waals surface area contributed by atoms with Gasteiger partial charge >= 0.3 is 5.88 Å². The van der Waals surface area contributed by atoms with Crippen molar-refractivity contribution in [2.24, 2.45) is 0 Å². The Kier molecular flexibility index (Phi) is 3.96. The van der Waals surface area contributed by atoms with Gasteiger partial charge in [0, 0.05) is 26.2 Å². The highest BCUT2D eigenvalue weighted by Crippen LogP contribution is 2.22. The van der Waals surface area contributed by atoms with Crippen molar-refractivity contribution in [1.29, 1.82) is 0 Å². The van der Waals surface area contributed by atoms with Crippen LogP contribution in [-0.4, -0.2) is 41.9 Å². The van der Waals surface area contributed by atoms with E-state index in [1.54, 1.807) is 23.1 Å². The first-order valence-electron chi connectivity index (χ1n) is 7.09. The number of hydrogen-bond donors (Lipinski definition) is 0. The number of furan rings is 1. The van der Waals surface area contributed by atoms with Gasteiger partial charge in [-0.3, -0.25) is 14.9 Å². The first kappa shape index (κ1) is 15.0. The number of rotatable bonds is 3. The van der Waals surface area contributed by atoms with E-state index in [0.717, 1.165) is 6.07 Å². The number of carbonyl (C=O) groups is 1. The average molecular weight is 319 g/mol. The van der Waals surface area contributed by atoms with E-state index in [1.165, 1.54) is 12.1 Å². The molecule has 0 radical (unpaired) electrons. The predicted molar refractivity (Wildman–Crippen MR) is 79.9 cm³/mol. The van der Waals surface area contributed by atoms with Crippen molar-refractivity contribution in [1.82, 2.24) is 4.90 Å². The van der Waals surface area contributed by atoms with Crippen LogP contribution in [0.25, 0.3) is 0 Å². The summed E-state index contributed by atoms with van der Waals surface area (Å²) in [5.41, 5.74) is 0.508. The van der Waals surface area contributed by atoms with E-state index in [0.29, 0.717) is 31.9 Å². The van der Waals surface area contributed by atoms with Crippen LogP contribution in [-0.2, 0) is 0 Å². The summed E-state index contributed by atoms with van der Waals surface area (Å²) in [7, 11) is 0. The zero-order valence-electron chi connectivity index (χ0n) is 12.1. The lowest BCUT2D eigenvalue weighted by molar-refractivity contribution is -0.402. The van der Waals surface area contributed by atoms with Gasteiger partial charge in [-0.15, -0.1) is 0 Å². The standard InChI is InChI=1S/C15H14FN3O4/c16-11-3-1-2-4-12(11)17-7-9-18(10-8-17)15(20)13-5-6-14(23-13)19(21)22/h1-6H,7-10H2. The fraction of sp³-hybridized carbons (Fsp3) is 0.267. The maximum Gasteiger partial charge on any atom is 0.433 e. The lowest BCUT2D eigenvalue weighted by atomic mass is 10.2. The van der Waals surface area contributed by atoms with Crippen molar-refractivity contribution >= 4 is 17.5 Å². The Bertz CT molecular complexity index is 738. The molecular formula is C15H14FN3O4. The third kappa shape index (κ3) is 3.01. The molecule has 0 N–H and O–H groups in total. The molecule has 1 aliphatic rings. The average Bonchev–Trinajstić information content (AvgIpc) is 3.05. The number of anilines is 1. The van der Waals surface area contributed by atoms with Gasteiger partial charge in [-0.2, -0.15) is 0 Å². The molecule has 8 heteroatoms. The highest BCUT2D eigenvalue weighted by molar-refractivity contribution is 5.92. The van der Waals surface area contributed by atoms with Crippen molar-refractivity contribution in [3.63, 3.8) is 0 Å². The van der Waals surface area contributed by atoms with E-state index in [-0.39, 0.29) is 11.6 Å². The van der Waals surface area contributed by atoms with Gasteiger partial charge in [0.25, 0.3) is 5.91 Å². The van der Waals surface area contributed by atoms with Crippen LogP contribution in [0, 0.1) is 15.9 Å². The molecule has 0 bridgehead atoms. The predicted octanol–water partition coefficient (Wildman–Crippen LogP) is 2.29. The van der Waals surface area contributed by atoms with Crippen LogP contribution in [0.1, 0.15) is 10.6 Å². The number of piperazine rings is 1. The van der Waals surface area contributed by atoms with Gasteiger partial charge in [0.2, 0.25) is 0 Å². The largest absolute Gasteiger partial charge is 0.433 e. The Hall–Kier alpha value is -2.90. The summed E-state index contributed by atoms with van der Waals surface area (Å²) in [5.74, 6) is -1.21. The van der Waals surface area contributed by atoms with Gasteiger partial charge in [0.15, 0.2) is 5.76 Å². The van der Waals surface area contributed by atoms with Crippen molar-refractivity contribution in [3.8, 4) is 0 Å². The van der Waals surface area contributed by atoms with E-state index in [9.17, 15) is 19.3 Å². The minimum Gasteiger partial charge on any atom is -0.395 e. The summed E-state index contributed by atoms with van der Waals surface area (Å²) < 4.78 is 18.7. The molecule has 1 aromatic carbocycles. The molecule has 0 atom stereocenters. The van der Waals surface area contributed by atoms with Crippen LogP contribution in [0.5, 0.6) is 0 Å². The number of halogens is 1. The normalized spacial score (nSPS) is 14.8. The number of carbonyl (C=O) groups excluding carboxylic acids is 1. The molecule has 23 heavy (non-hydrogen) atoms. The quantitative estimate of drug-likeness (QED) is 0.640. The molecule has 1 aliphatic heterocycles. The van der Waals surface area contributed by atoms with Crippen LogP contribution in [0.3, 0.4) is 0 Å². The lowest BCUT2D eigenvalue weighted by Crippen LogP contribution is -2.49.